The Bertz CT molecular complexity index is 691. The van der Waals surface area contributed by atoms with Gasteiger partial charge < -0.3 is 11.1 Å². The number of nitrogens with two attached hydrogens (primary N) is 1. The molecular weight excluding hydrogens is 250 g/mol. The van der Waals surface area contributed by atoms with Crippen molar-refractivity contribution in [3.8, 4) is 0 Å². The van der Waals surface area contributed by atoms with Gasteiger partial charge in [-0.15, -0.1) is 0 Å². The van der Waals surface area contributed by atoms with E-state index in [9.17, 15) is 0 Å². The smallest absolute Gasteiger partial charge is 0.0489 e. The van der Waals surface area contributed by atoms with Gasteiger partial charge in [0.25, 0.3) is 0 Å². The normalized spacial score (nSPS) is 10.8. The lowest BCUT2D eigenvalue weighted by Crippen LogP contribution is -2.07. The Labute approximate surface area is 117 Å². The van der Waals surface area contributed by atoms with Crippen LogP contribution in [0.15, 0.2) is 49.1 Å². The third kappa shape index (κ3) is 2.56. The fourth-order valence-electron chi connectivity index (χ4n) is 2.26. The lowest BCUT2D eigenvalue weighted by Gasteiger charge is -2.11. The van der Waals surface area contributed by atoms with E-state index in [1.165, 1.54) is 0 Å². The number of nitrogens with zero attached hydrogens (tertiary/aromatic N) is 3. The predicted molar refractivity (Wildman–Crippen MR) is 81.5 cm³/mol. The van der Waals surface area contributed by atoms with Crippen molar-refractivity contribution in [1.82, 2.24) is 14.8 Å². The zero-order chi connectivity index (χ0) is 13.8. The zero-order valence-electron chi connectivity index (χ0n) is 11.2. The van der Waals surface area contributed by atoms with Crippen molar-refractivity contribution >= 4 is 22.1 Å². The van der Waals surface area contributed by atoms with E-state index in [0.717, 1.165) is 41.7 Å². The molecular formula is C15H17N5. The summed E-state index contributed by atoms with van der Waals surface area (Å²) < 4.78 is 1.94. The second kappa shape index (κ2) is 5.61. The number of anilines is 2. The minimum Gasteiger partial charge on any atom is -0.398 e. The molecule has 0 saturated carbocycles. The summed E-state index contributed by atoms with van der Waals surface area (Å²) in [5.41, 5.74) is 7.82. The molecule has 0 aliphatic carbocycles. The summed E-state index contributed by atoms with van der Waals surface area (Å²) in [7, 11) is 0. The Morgan fingerprint density at radius 1 is 1.15 bits per heavy atom. The molecule has 3 rings (SSSR count). The van der Waals surface area contributed by atoms with E-state index in [4.69, 9.17) is 5.73 Å². The summed E-state index contributed by atoms with van der Waals surface area (Å²) in [6.07, 6.45) is 8.38. The highest BCUT2D eigenvalue weighted by atomic mass is 15.3. The molecule has 2 aromatic heterocycles. The lowest BCUT2D eigenvalue weighted by atomic mass is 10.1. The average molecular weight is 267 g/mol. The average Bonchev–Trinajstić information content (AvgIpc) is 2.99. The van der Waals surface area contributed by atoms with E-state index in [1.54, 1.807) is 18.6 Å². The van der Waals surface area contributed by atoms with Gasteiger partial charge in [-0.25, -0.2) is 0 Å². The van der Waals surface area contributed by atoms with Crippen LogP contribution >= 0.6 is 0 Å². The molecule has 0 aliphatic rings. The maximum atomic E-state index is 5.96. The Kier molecular flexibility index (Phi) is 3.50. The number of hydrogen-bond acceptors (Lipinski definition) is 4. The summed E-state index contributed by atoms with van der Waals surface area (Å²) >= 11 is 0. The van der Waals surface area contributed by atoms with Crippen molar-refractivity contribution in [2.75, 3.05) is 17.6 Å². The fourth-order valence-corrected chi connectivity index (χ4v) is 2.26. The molecule has 2 heterocycles. The minimum atomic E-state index is 0.759. The van der Waals surface area contributed by atoms with Crippen molar-refractivity contribution in [3.63, 3.8) is 0 Å². The van der Waals surface area contributed by atoms with E-state index in [2.05, 4.69) is 15.4 Å². The molecule has 0 unspecified atom stereocenters. The summed E-state index contributed by atoms with van der Waals surface area (Å²) in [6, 6.07) is 7.86. The molecule has 3 N–H and O–H groups in total. The van der Waals surface area contributed by atoms with E-state index < -0.39 is 0 Å². The number of fused-ring (bicyclic) bond motifs is 1. The summed E-state index contributed by atoms with van der Waals surface area (Å²) in [5.74, 6) is 0. The van der Waals surface area contributed by atoms with E-state index in [0.29, 0.717) is 0 Å². The molecule has 0 bridgehead atoms. The maximum Gasteiger partial charge on any atom is 0.0489 e. The predicted octanol–water partition coefficient (Wildman–Crippen LogP) is 2.52. The molecule has 102 valence electrons. The quantitative estimate of drug-likeness (QED) is 0.550. The van der Waals surface area contributed by atoms with Crippen molar-refractivity contribution in [2.45, 2.75) is 13.0 Å². The maximum absolute atomic E-state index is 5.96. The van der Waals surface area contributed by atoms with Gasteiger partial charge in [0, 0.05) is 60.0 Å². The molecule has 0 spiro atoms. The Morgan fingerprint density at radius 3 is 2.95 bits per heavy atom. The van der Waals surface area contributed by atoms with Crippen LogP contribution in [0.1, 0.15) is 6.42 Å². The van der Waals surface area contributed by atoms with Gasteiger partial charge in [0.05, 0.1) is 0 Å². The zero-order valence-corrected chi connectivity index (χ0v) is 11.2. The standard InChI is InChI=1S/C15H17N5/c16-14-3-4-15(12-5-8-17-11-13(12)14)18-6-1-9-20-10-2-7-19-20/h2-5,7-8,10-11,18H,1,6,9,16H2. The van der Waals surface area contributed by atoms with Crippen LogP contribution in [0.3, 0.4) is 0 Å². The first kappa shape index (κ1) is 12.5. The number of rotatable bonds is 5. The SMILES string of the molecule is Nc1ccc(NCCCn2cccn2)c2ccncc12. The summed E-state index contributed by atoms with van der Waals surface area (Å²) in [4.78, 5) is 4.13. The van der Waals surface area contributed by atoms with Crippen LogP contribution in [0, 0.1) is 0 Å². The molecule has 0 saturated heterocycles. The molecule has 0 amide bonds. The van der Waals surface area contributed by atoms with Crippen molar-refractivity contribution in [2.24, 2.45) is 0 Å². The van der Waals surface area contributed by atoms with Crippen LogP contribution in [0.4, 0.5) is 11.4 Å². The van der Waals surface area contributed by atoms with Gasteiger partial charge in [0.1, 0.15) is 0 Å². The second-order valence-corrected chi connectivity index (χ2v) is 4.67. The molecule has 5 nitrogen and oxygen atoms in total. The fraction of sp³-hybridized carbons (Fsp3) is 0.200. The van der Waals surface area contributed by atoms with Crippen LogP contribution in [0.2, 0.25) is 0 Å². The number of benzene rings is 1. The number of hydrogen-bond donors (Lipinski definition) is 2. The van der Waals surface area contributed by atoms with Gasteiger partial charge in [-0.2, -0.15) is 5.10 Å². The molecule has 0 radical (unpaired) electrons. The van der Waals surface area contributed by atoms with E-state index in [1.807, 2.05) is 35.1 Å². The van der Waals surface area contributed by atoms with Crippen molar-refractivity contribution < 1.29 is 0 Å². The Hall–Kier alpha value is -2.56. The number of nitrogen functional groups attached to an aromatic ring is 1. The Balaban J connectivity index is 1.67. The van der Waals surface area contributed by atoms with Crippen molar-refractivity contribution in [1.29, 1.82) is 0 Å². The van der Waals surface area contributed by atoms with E-state index >= 15 is 0 Å². The van der Waals surface area contributed by atoms with Gasteiger partial charge in [-0.05, 0) is 30.7 Å². The van der Waals surface area contributed by atoms with Crippen LogP contribution < -0.4 is 11.1 Å². The van der Waals surface area contributed by atoms with Gasteiger partial charge in [0.2, 0.25) is 0 Å². The van der Waals surface area contributed by atoms with Gasteiger partial charge in [-0.1, -0.05) is 0 Å². The van der Waals surface area contributed by atoms with Crippen LogP contribution in [-0.4, -0.2) is 21.3 Å². The van der Waals surface area contributed by atoms with Gasteiger partial charge in [0.15, 0.2) is 0 Å². The van der Waals surface area contributed by atoms with Gasteiger partial charge >= 0.3 is 0 Å². The summed E-state index contributed by atoms with van der Waals surface area (Å²) in [5, 5.41) is 9.74. The highest BCUT2D eigenvalue weighted by Gasteiger charge is 2.03. The first-order valence-electron chi connectivity index (χ1n) is 6.68. The number of pyridine rings is 1. The minimum absolute atomic E-state index is 0.759. The topological polar surface area (TPSA) is 68.8 Å². The first-order chi connectivity index (χ1) is 9.84. The number of aryl methyl sites for hydroxylation is 1. The number of aromatic nitrogens is 3. The molecule has 0 aliphatic heterocycles. The molecule has 20 heavy (non-hydrogen) atoms. The van der Waals surface area contributed by atoms with Crippen molar-refractivity contribution in [3.05, 3.63) is 49.1 Å². The first-order valence-corrected chi connectivity index (χ1v) is 6.68. The molecule has 0 fully saturated rings. The van der Waals surface area contributed by atoms with Gasteiger partial charge in [-0.3, -0.25) is 9.67 Å². The van der Waals surface area contributed by atoms with Crippen LogP contribution in [0.5, 0.6) is 0 Å². The highest BCUT2D eigenvalue weighted by Crippen LogP contribution is 2.27. The third-order valence-corrected chi connectivity index (χ3v) is 3.29. The highest BCUT2D eigenvalue weighted by molar-refractivity contribution is 6.00. The van der Waals surface area contributed by atoms with E-state index in [-0.39, 0.29) is 0 Å². The Morgan fingerprint density at radius 2 is 2.10 bits per heavy atom. The molecule has 1 aromatic carbocycles. The summed E-state index contributed by atoms with van der Waals surface area (Å²) in [6.45, 7) is 1.80. The number of nitrogens with one attached hydrogen (secondary N) is 1. The lowest BCUT2D eigenvalue weighted by molar-refractivity contribution is 0.592. The third-order valence-electron chi connectivity index (χ3n) is 3.29. The monoisotopic (exact) mass is 267 g/mol. The van der Waals surface area contributed by atoms with Crippen LogP contribution in [0.25, 0.3) is 10.8 Å². The molecule has 3 aromatic rings. The van der Waals surface area contributed by atoms with Crippen LogP contribution in [-0.2, 0) is 6.54 Å². The second-order valence-electron chi connectivity index (χ2n) is 4.67. The molecule has 5 heteroatoms. The molecule has 0 atom stereocenters. The largest absolute Gasteiger partial charge is 0.398 e.